The number of aryl methyl sites for hydroxylation is 2. The maximum absolute atomic E-state index is 12.9. The number of anilines is 1. The first-order chi connectivity index (χ1) is 11.0. The number of aromatic nitrogens is 2. The normalized spacial score (nSPS) is 10.9. The van der Waals surface area contributed by atoms with Gasteiger partial charge in [-0.05, 0) is 35.9 Å². The highest BCUT2D eigenvalue weighted by atomic mass is 19.1. The van der Waals surface area contributed by atoms with Crippen molar-refractivity contribution in [2.45, 2.75) is 6.42 Å². The molecule has 0 aliphatic carbocycles. The van der Waals surface area contributed by atoms with E-state index in [1.54, 1.807) is 49.0 Å². The number of rotatable bonds is 3. The van der Waals surface area contributed by atoms with Crippen LogP contribution in [0.1, 0.15) is 5.56 Å². The number of fused-ring (bicyclic) bond motifs is 1. The summed E-state index contributed by atoms with van der Waals surface area (Å²) < 4.78 is 15.9. The predicted octanol–water partition coefficient (Wildman–Crippen LogP) is 2.20. The monoisotopic (exact) mass is 313 g/mol. The fourth-order valence-electron chi connectivity index (χ4n) is 2.58. The third-order valence-corrected chi connectivity index (χ3v) is 3.83. The van der Waals surface area contributed by atoms with Gasteiger partial charge in [-0.2, -0.15) is 0 Å². The number of nitrogens with one attached hydrogen (secondary N) is 1. The van der Waals surface area contributed by atoms with E-state index in [4.69, 9.17) is 0 Å². The van der Waals surface area contributed by atoms with Gasteiger partial charge in [0.05, 0.1) is 17.5 Å². The molecule has 3 aromatic rings. The smallest absolute Gasteiger partial charge is 0.326 e. The molecule has 0 spiro atoms. The molecule has 0 atom stereocenters. The average Bonchev–Trinajstić information content (AvgIpc) is 2.74. The molecule has 0 radical (unpaired) electrons. The molecular weight excluding hydrogens is 297 g/mol. The minimum Gasteiger partial charge on any atom is -0.326 e. The molecule has 118 valence electrons. The van der Waals surface area contributed by atoms with Crippen LogP contribution >= 0.6 is 0 Å². The van der Waals surface area contributed by atoms with Crippen LogP contribution in [0.4, 0.5) is 10.1 Å². The Labute approximate surface area is 132 Å². The first-order valence-corrected chi connectivity index (χ1v) is 7.15. The van der Waals surface area contributed by atoms with E-state index >= 15 is 0 Å². The second kappa shape index (κ2) is 5.72. The average molecular weight is 313 g/mol. The summed E-state index contributed by atoms with van der Waals surface area (Å²) in [4.78, 5) is 24.0. The molecular formula is C17H16FN3O2. The van der Waals surface area contributed by atoms with Gasteiger partial charge >= 0.3 is 5.69 Å². The maximum atomic E-state index is 12.9. The zero-order valence-corrected chi connectivity index (χ0v) is 12.8. The maximum Gasteiger partial charge on any atom is 0.328 e. The second-order valence-corrected chi connectivity index (χ2v) is 5.46. The van der Waals surface area contributed by atoms with Crippen molar-refractivity contribution in [3.63, 3.8) is 0 Å². The molecule has 0 fully saturated rings. The summed E-state index contributed by atoms with van der Waals surface area (Å²) in [5, 5.41) is 2.80. The minimum atomic E-state index is -0.329. The summed E-state index contributed by atoms with van der Waals surface area (Å²) >= 11 is 0. The van der Waals surface area contributed by atoms with Gasteiger partial charge in [0.15, 0.2) is 0 Å². The fraction of sp³-hybridized carbons (Fsp3) is 0.176. The van der Waals surface area contributed by atoms with Gasteiger partial charge in [0.2, 0.25) is 5.91 Å². The molecule has 0 aliphatic rings. The Bertz CT molecular complexity index is 939. The van der Waals surface area contributed by atoms with E-state index in [-0.39, 0.29) is 23.8 Å². The van der Waals surface area contributed by atoms with Crippen molar-refractivity contribution in [1.29, 1.82) is 0 Å². The van der Waals surface area contributed by atoms with Gasteiger partial charge in [-0.15, -0.1) is 0 Å². The van der Waals surface area contributed by atoms with Crippen molar-refractivity contribution in [3.05, 3.63) is 64.3 Å². The van der Waals surface area contributed by atoms with Crippen molar-refractivity contribution in [3.8, 4) is 0 Å². The SMILES string of the molecule is Cn1c(=O)n(C)c2cc(NC(=O)Cc3ccc(F)cc3)ccc21. The zero-order valence-electron chi connectivity index (χ0n) is 12.8. The van der Waals surface area contributed by atoms with Gasteiger partial charge in [0.25, 0.3) is 0 Å². The van der Waals surface area contributed by atoms with Crippen molar-refractivity contribution in [2.24, 2.45) is 14.1 Å². The zero-order chi connectivity index (χ0) is 16.6. The largest absolute Gasteiger partial charge is 0.328 e. The molecule has 0 bridgehead atoms. The summed E-state index contributed by atoms with van der Waals surface area (Å²) in [7, 11) is 3.40. The number of amides is 1. The Balaban J connectivity index is 1.81. The number of benzene rings is 2. The Morgan fingerprint density at radius 3 is 2.39 bits per heavy atom. The Morgan fingerprint density at radius 1 is 1.04 bits per heavy atom. The third-order valence-electron chi connectivity index (χ3n) is 3.83. The topological polar surface area (TPSA) is 56.0 Å². The molecule has 5 nitrogen and oxygen atoms in total. The van der Waals surface area contributed by atoms with Crippen LogP contribution in [-0.4, -0.2) is 15.0 Å². The highest BCUT2D eigenvalue weighted by Crippen LogP contribution is 2.18. The quantitative estimate of drug-likeness (QED) is 0.806. The lowest BCUT2D eigenvalue weighted by Gasteiger charge is -2.06. The highest BCUT2D eigenvalue weighted by Gasteiger charge is 2.10. The van der Waals surface area contributed by atoms with E-state index in [2.05, 4.69) is 5.32 Å². The number of carbonyl (C=O) groups is 1. The van der Waals surface area contributed by atoms with E-state index in [1.165, 1.54) is 16.7 Å². The number of imidazole rings is 1. The summed E-state index contributed by atoms with van der Waals surface area (Å²) in [5.74, 6) is -0.526. The molecule has 1 heterocycles. The van der Waals surface area contributed by atoms with Gasteiger partial charge in [-0.3, -0.25) is 13.9 Å². The third kappa shape index (κ3) is 2.88. The molecule has 23 heavy (non-hydrogen) atoms. The van der Waals surface area contributed by atoms with Gasteiger partial charge in [0.1, 0.15) is 5.82 Å². The van der Waals surface area contributed by atoms with Crippen LogP contribution in [0.5, 0.6) is 0 Å². The molecule has 3 rings (SSSR count). The lowest BCUT2D eigenvalue weighted by atomic mass is 10.1. The molecule has 1 amide bonds. The van der Waals surface area contributed by atoms with Crippen molar-refractivity contribution >= 4 is 22.6 Å². The first kappa shape index (κ1) is 15.0. The van der Waals surface area contributed by atoms with Gasteiger partial charge in [-0.1, -0.05) is 12.1 Å². The number of hydrogen-bond acceptors (Lipinski definition) is 2. The Kier molecular flexibility index (Phi) is 3.73. The van der Waals surface area contributed by atoms with E-state index in [0.29, 0.717) is 5.69 Å². The first-order valence-electron chi connectivity index (χ1n) is 7.15. The Morgan fingerprint density at radius 2 is 1.70 bits per heavy atom. The molecule has 0 saturated heterocycles. The van der Waals surface area contributed by atoms with Crippen LogP contribution in [0.15, 0.2) is 47.3 Å². The lowest BCUT2D eigenvalue weighted by molar-refractivity contribution is -0.115. The minimum absolute atomic E-state index is 0.116. The summed E-state index contributed by atoms with van der Waals surface area (Å²) in [6.07, 6.45) is 0.159. The summed E-state index contributed by atoms with van der Waals surface area (Å²) in [5.41, 5.74) is 2.78. The number of nitrogens with zero attached hydrogens (tertiary/aromatic N) is 2. The van der Waals surface area contributed by atoms with Crippen LogP contribution < -0.4 is 11.0 Å². The van der Waals surface area contributed by atoms with E-state index in [9.17, 15) is 14.0 Å². The second-order valence-electron chi connectivity index (χ2n) is 5.46. The predicted molar refractivity (Wildman–Crippen MR) is 86.9 cm³/mol. The summed E-state index contributed by atoms with van der Waals surface area (Å²) in [6.45, 7) is 0. The van der Waals surface area contributed by atoms with Crippen LogP contribution in [0.3, 0.4) is 0 Å². The van der Waals surface area contributed by atoms with E-state index < -0.39 is 0 Å². The standard InChI is InChI=1S/C17H16FN3O2/c1-20-14-8-7-13(10-15(14)21(2)17(20)23)19-16(22)9-11-3-5-12(18)6-4-11/h3-8,10H,9H2,1-2H3,(H,19,22). The van der Waals surface area contributed by atoms with Crippen LogP contribution in [0.25, 0.3) is 11.0 Å². The number of hydrogen-bond donors (Lipinski definition) is 1. The number of carbonyl (C=O) groups excluding carboxylic acids is 1. The summed E-state index contributed by atoms with van der Waals surface area (Å²) in [6, 6.07) is 11.1. The molecule has 1 aromatic heterocycles. The van der Waals surface area contributed by atoms with Crippen LogP contribution in [0, 0.1) is 5.82 Å². The fourth-order valence-corrected chi connectivity index (χ4v) is 2.58. The van der Waals surface area contributed by atoms with Gasteiger partial charge < -0.3 is 5.32 Å². The van der Waals surface area contributed by atoms with Crippen molar-refractivity contribution in [1.82, 2.24) is 9.13 Å². The van der Waals surface area contributed by atoms with Crippen molar-refractivity contribution < 1.29 is 9.18 Å². The lowest BCUT2D eigenvalue weighted by Crippen LogP contribution is -2.19. The molecule has 2 aromatic carbocycles. The molecule has 0 saturated carbocycles. The number of halogens is 1. The van der Waals surface area contributed by atoms with Gasteiger partial charge in [0, 0.05) is 19.8 Å². The highest BCUT2D eigenvalue weighted by molar-refractivity contribution is 5.94. The molecule has 0 unspecified atom stereocenters. The molecule has 0 aliphatic heterocycles. The van der Waals surface area contributed by atoms with E-state index in [0.717, 1.165) is 16.6 Å². The molecule has 6 heteroatoms. The Hall–Kier alpha value is -2.89. The molecule has 1 N–H and O–H groups in total. The van der Waals surface area contributed by atoms with Crippen molar-refractivity contribution in [2.75, 3.05) is 5.32 Å². The van der Waals surface area contributed by atoms with Gasteiger partial charge in [-0.25, -0.2) is 9.18 Å². The van der Waals surface area contributed by atoms with E-state index in [1.807, 2.05) is 0 Å². The van der Waals surface area contributed by atoms with Crippen LogP contribution in [-0.2, 0) is 25.3 Å². The van der Waals surface area contributed by atoms with Crippen LogP contribution in [0.2, 0.25) is 0 Å².